The van der Waals surface area contributed by atoms with Crippen LogP contribution in [-0.4, -0.2) is 44.3 Å². The fraction of sp³-hybridized carbons (Fsp3) is 0.310. The van der Waals surface area contributed by atoms with Crippen molar-refractivity contribution in [1.29, 1.82) is 0 Å². The van der Waals surface area contributed by atoms with Crippen molar-refractivity contribution in [2.24, 2.45) is 5.92 Å². The fourth-order valence-corrected chi connectivity index (χ4v) is 5.97. The van der Waals surface area contributed by atoms with Crippen molar-refractivity contribution < 1.29 is 18.0 Å². The van der Waals surface area contributed by atoms with Crippen LogP contribution >= 0.6 is 34.8 Å². The van der Waals surface area contributed by atoms with Gasteiger partial charge in [0.15, 0.2) is 0 Å². The van der Waals surface area contributed by atoms with E-state index in [0.717, 1.165) is 9.87 Å². The summed E-state index contributed by atoms with van der Waals surface area (Å²) >= 11 is 18.8. The molecule has 1 N–H and O–H groups in total. The second-order valence-corrected chi connectivity index (χ2v) is 13.0. The summed E-state index contributed by atoms with van der Waals surface area (Å²) in [5.41, 5.74) is 1.59. The largest absolute Gasteiger partial charge is 0.354 e. The van der Waals surface area contributed by atoms with Crippen LogP contribution < -0.4 is 9.62 Å². The Labute approximate surface area is 251 Å². The zero-order chi connectivity index (χ0) is 29.6. The number of amides is 2. The van der Waals surface area contributed by atoms with E-state index in [1.807, 2.05) is 20.8 Å². The van der Waals surface area contributed by atoms with Gasteiger partial charge in [0.05, 0.1) is 15.6 Å². The van der Waals surface area contributed by atoms with Crippen LogP contribution in [0, 0.1) is 12.8 Å². The Kier molecular flexibility index (Phi) is 10.9. The Morgan fingerprint density at radius 2 is 1.55 bits per heavy atom. The van der Waals surface area contributed by atoms with Crippen molar-refractivity contribution >= 4 is 62.3 Å². The van der Waals surface area contributed by atoms with Crippen LogP contribution in [0.1, 0.15) is 31.9 Å². The van der Waals surface area contributed by atoms with Gasteiger partial charge in [-0.05, 0) is 67.8 Å². The number of nitrogens with zero attached hydrogens (tertiary/aromatic N) is 2. The summed E-state index contributed by atoms with van der Waals surface area (Å²) in [6.45, 7) is 7.18. The van der Waals surface area contributed by atoms with Gasteiger partial charge < -0.3 is 10.2 Å². The molecule has 0 unspecified atom stereocenters. The van der Waals surface area contributed by atoms with E-state index in [1.54, 1.807) is 43.3 Å². The number of sulfonamides is 1. The van der Waals surface area contributed by atoms with E-state index in [-0.39, 0.29) is 39.0 Å². The maximum absolute atomic E-state index is 14.0. The van der Waals surface area contributed by atoms with Crippen LogP contribution in [-0.2, 0) is 26.2 Å². The lowest BCUT2D eigenvalue weighted by atomic mass is 10.1. The molecule has 1 atom stereocenters. The van der Waals surface area contributed by atoms with Crippen molar-refractivity contribution in [2.75, 3.05) is 17.4 Å². The predicted molar refractivity (Wildman–Crippen MR) is 161 cm³/mol. The second-order valence-electron chi connectivity index (χ2n) is 9.89. The van der Waals surface area contributed by atoms with Crippen LogP contribution in [0.15, 0.2) is 71.6 Å². The number of nitrogens with one attached hydrogen (secondary N) is 1. The molecule has 3 rings (SSSR count). The van der Waals surface area contributed by atoms with E-state index in [0.29, 0.717) is 17.1 Å². The first-order chi connectivity index (χ1) is 18.8. The summed E-state index contributed by atoms with van der Waals surface area (Å²) in [6, 6.07) is 16.6. The predicted octanol–water partition coefficient (Wildman–Crippen LogP) is 6.34. The molecule has 11 heteroatoms. The highest BCUT2D eigenvalue weighted by Crippen LogP contribution is 2.33. The van der Waals surface area contributed by atoms with Crippen molar-refractivity contribution in [3.8, 4) is 0 Å². The number of benzene rings is 3. The lowest BCUT2D eigenvalue weighted by molar-refractivity contribution is -0.139. The van der Waals surface area contributed by atoms with Gasteiger partial charge in [0.2, 0.25) is 11.8 Å². The molecule has 0 saturated carbocycles. The highest BCUT2D eigenvalue weighted by Gasteiger charge is 2.33. The molecule has 3 aromatic carbocycles. The molecule has 2 amide bonds. The van der Waals surface area contributed by atoms with E-state index in [1.165, 1.54) is 35.2 Å². The Hall–Kier alpha value is -2.78. The summed E-state index contributed by atoms with van der Waals surface area (Å²) in [6.07, 6.45) is 0. The van der Waals surface area contributed by atoms with Gasteiger partial charge >= 0.3 is 0 Å². The Bertz CT molecular complexity index is 1460. The van der Waals surface area contributed by atoms with Gasteiger partial charge in [-0.3, -0.25) is 13.9 Å². The third kappa shape index (κ3) is 8.13. The Balaban J connectivity index is 2.06. The topological polar surface area (TPSA) is 86.8 Å². The van der Waals surface area contributed by atoms with Crippen molar-refractivity contribution in [3.05, 3.63) is 92.9 Å². The Morgan fingerprint density at radius 1 is 0.900 bits per heavy atom. The van der Waals surface area contributed by atoms with Gasteiger partial charge in [0, 0.05) is 23.1 Å². The number of hydrogen-bond donors (Lipinski definition) is 1. The zero-order valence-electron chi connectivity index (χ0n) is 22.7. The molecule has 0 heterocycles. The van der Waals surface area contributed by atoms with Gasteiger partial charge in [0.1, 0.15) is 12.6 Å². The molecule has 0 spiro atoms. The molecular formula is C29H32Cl3N3O4S. The number of hydrogen-bond acceptors (Lipinski definition) is 4. The maximum Gasteiger partial charge on any atom is 0.264 e. The van der Waals surface area contributed by atoms with E-state index in [9.17, 15) is 18.0 Å². The first kappa shape index (κ1) is 31.7. The molecule has 0 radical (unpaired) electrons. The average Bonchev–Trinajstić information content (AvgIpc) is 2.90. The van der Waals surface area contributed by atoms with Crippen LogP contribution in [0.5, 0.6) is 0 Å². The summed E-state index contributed by atoms with van der Waals surface area (Å²) < 4.78 is 28.7. The lowest BCUT2D eigenvalue weighted by Crippen LogP contribution is -2.51. The smallest absolute Gasteiger partial charge is 0.264 e. The van der Waals surface area contributed by atoms with E-state index in [4.69, 9.17) is 34.8 Å². The zero-order valence-corrected chi connectivity index (χ0v) is 25.8. The SMILES string of the molecule is Cc1ccc(S(=O)(=O)N(CC(=O)N(Cc2cccc(Cl)c2)[C@@H](C)C(=O)NCC(C)C)c2cc(Cl)ccc2Cl)cc1. The molecule has 0 fully saturated rings. The lowest BCUT2D eigenvalue weighted by Gasteiger charge is -2.32. The summed E-state index contributed by atoms with van der Waals surface area (Å²) in [4.78, 5) is 28.3. The molecule has 40 heavy (non-hydrogen) atoms. The van der Waals surface area contributed by atoms with E-state index in [2.05, 4.69) is 5.32 Å². The number of aryl methyl sites for hydroxylation is 1. The van der Waals surface area contributed by atoms with Gasteiger partial charge in [-0.2, -0.15) is 0 Å². The molecule has 0 aliphatic heterocycles. The van der Waals surface area contributed by atoms with Crippen LogP contribution in [0.2, 0.25) is 15.1 Å². The molecule has 0 saturated heterocycles. The minimum atomic E-state index is -4.26. The minimum absolute atomic E-state index is 0.0222. The normalized spacial score (nSPS) is 12.2. The monoisotopic (exact) mass is 623 g/mol. The summed E-state index contributed by atoms with van der Waals surface area (Å²) in [5.74, 6) is -0.773. The second kappa shape index (κ2) is 13.7. The number of halogens is 3. The van der Waals surface area contributed by atoms with Crippen molar-refractivity contribution in [2.45, 2.75) is 45.2 Å². The Morgan fingerprint density at radius 3 is 2.17 bits per heavy atom. The quantitative estimate of drug-likeness (QED) is 0.270. The number of carbonyl (C=O) groups is 2. The fourth-order valence-electron chi connectivity index (χ4n) is 3.89. The maximum atomic E-state index is 14.0. The third-order valence-corrected chi connectivity index (χ3v) is 8.72. The highest BCUT2D eigenvalue weighted by atomic mass is 35.5. The number of carbonyl (C=O) groups excluding carboxylic acids is 2. The molecule has 214 valence electrons. The third-order valence-electron chi connectivity index (χ3n) is 6.16. The molecule has 3 aromatic rings. The first-order valence-electron chi connectivity index (χ1n) is 12.7. The molecule has 0 aliphatic rings. The van der Waals surface area contributed by atoms with E-state index >= 15 is 0 Å². The number of rotatable bonds is 11. The van der Waals surface area contributed by atoms with Crippen molar-refractivity contribution in [1.82, 2.24) is 10.2 Å². The van der Waals surface area contributed by atoms with Gasteiger partial charge in [-0.25, -0.2) is 8.42 Å². The molecule has 0 bridgehead atoms. The standard InChI is InChI=1S/C29H32Cl3N3O4S/c1-19(2)16-33-29(37)21(4)34(17-22-6-5-7-23(30)14-22)28(36)18-35(27-15-24(31)10-13-26(27)32)40(38,39)25-11-8-20(3)9-12-25/h5-15,19,21H,16-18H2,1-4H3,(H,33,37)/t21-/m0/s1. The van der Waals surface area contributed by atoms with E-state index < -0.39 is 28.5 Å². The van der Waals surface area contributed by atoms with Crippen LogP contribution in [0.25, 0.3) is 0 Å². The molecule has 0 aromatic heterocycles. The minimum Gasteiger partial charge on any atom is -0.354 e. The van der Waals surface area contributed by atoms with Gasteiger partial charge in [-0.1, -0.05) is 78.5 Å². The first-order valence-corrected chi connectivity index (χ1v) is 15.2. The van der Waals surface area contributed by atoms with Gasteiger partial charge in [0.25, 0.3) is 10.0 Å². The average molecular weight is 625 g/mol. The highest BCUT2D eigenvalue weighted by molar-refractivity contribution is 7.92. The van der Waals surface area contributed by atoms with Crippen LogP contribution in [0.4, 0.5) is 5.69 Å². The van der Waals surface area contributed by atoms with Crippen molar-refractivity contribution in [3.63, 3.8) is 0 Å². The molecular weight excluding hydrogens is 593 g/mol. The molecule has 0 aliphatic carbocycles. The summed E-state index contributed by atoms with van der Waals surface area (Å²) in [5, 5.41) is 3.65. The van der Waals surface area contributed by atoms with Gasteiger partial charge in [-0.15, -0.1) is 0 Å². The van der Waals surface area contributed by atoms with Crippen LogP contribution in [0.3, 0.4) is 0 Å². The molecule has 7 nitrogen and oxygen atoms in total. The number of anilines is 1. The summed E-state index contributed by atoms with van der Waals surface area (Å²) in [7, 11) is -4.26.